The standard InChI is InChI=1S/C12H10ClN/c1-9-4-2-6-11(13)12(9)10-5-3-7-14-8-10/h2-8H,1H3. The zero-order valence-corrected chi connectivity index (χ0v) is 8.62. The molecule has 0 atom stereocenters. The van der Waals surface area contributed by atoms with Crippen LogP contribution in [0, 0.1) is 6.92 Å². The van der Waals surface area contributed by atoms with Crippen LogP contribution in [0.2, 0.25) is 5.02 Å². The third-order valence-electron chi connectivity index (χ3n) is 2.17. The van der Waals surface area contributed by atoms with Crippen LogP contribution >= 0.6 is 11.6 Å². The molecule has 0 saturated carbocycles. The van der Waals surface area contributed by atoms with Crippen molar-refractivity contribution in [2.45, 2.75) is 6.92 Å². The summed E-state index contributed by atoms with van der Waals surface area (Å²) >= 11 is 6.14. The summed E-state index contributed by atoms with van der Waals surface area (Å²) < 4.78 is 0. The van der Waals surface area contributed by atoms with Gasteiger partial charge in [-0.3, -0.25) is 4.98 Å². The van der Waals surface area contributed by atoms with Crippen molar-refractivity contribution in [3.63, 3.8) is 0 Å². The lowest BCUT2D eigenvalue weighted by molar-refractivity contribution is 1.32. The number of halogens is 1. The predicted molar refractivity (Wildman–Crippen MR) is 59.4 cm³/mol. The predicted octanol–water partition coefficient (Wildman–Crippen LogP) is 3.71. The lowest BCUT2D eigenvalue weighted by atomic mass is 10.0. The average Bonchev–Trinajstić information content (AvgIpc) is 2.19. The largest absolute Gasteiger partial charge is 0.264 e. The summed E-state index contributed by atoms with van der Waals surface area (Å²) in [5.74, 6) is 0. The Morgan fingerprint density at radius 3 is 2.64 bits per heavy atom. The van der Waals surface area contributed by atoms with E-state index in [4.69, 9.17) is 11.6 Å². The van der Waals surface area contributed by atoms with E-state index in [0.29, 0.717) is 0 Å². The van der Waals surface area contributed by atoms with Gasteiger partial charge in [-0.05, 0) is 24.6 Å². The van der Waals surface area contributed by atoms with E-state index in [0.717, 1.165) is 16.1 Å². The molecular formula is C12H10ClN. The van der Waals surface area contributed by atoms with Crippen LogP contribution in [0.15, 0.2) is 42.7 Å². The number of aromatic nitrogens is 1. The first-order valence-electron chi connectivity index (χ1n) is 4.44. The molecule has 0 bridgehead atoms. The molecule has 2 aromatic rings. The maximum Gasteiger partial charge on any atom is 0.0487 e. The van der Waals surface area contributed by atoms with Crippen LogP contribution in [-0.4, -0.2) is 4.98 Å². The lowest BCUT2D eigenvalue weighted by Crippen LogP contribution is -1.84. The summed E-state index contributed by atoms with van der Waals surface area (Å²) in [7, 11) is 0. The van der Waals surface area contributed by atoms with E-state index in [1.165, 1.54) is 5.56 Å². The molecule has 1 nitrogen and oxygen atoms in total. The third-order valence-corrected chi connectivity index (χ3v) is 2.49. The fourth-order valence-corrected chi connectivity index (χ4v) is 1.84. The molecule has 0 saturated heterocycles. The second-order valence-corrected chi connectivity index (χ2v) is 3.58. The molecule has 1 aromatic carbocycles. The Hall–Kier alpha value is -1.34. The Kier molecular flexibility index (Phi) is 2.51. The van der Waals surface area contributed by atoms with E-state index >= 15 is 0 Å². The van der Waals surface area contributed by atoms with E-state index in [1.807, 2.05) is 43.5 Å². The average molecular weight is 204 g/mol. The summed E-state index contributed by atoms with van der Waals surface area (Å²) in [5, 5.41) is 0.776. The maximum absolute atomic E-state index is 6.14. The highest BCUT2D eigenvalue weighted by molar-refractivity contribution is 6.33. The highest BCUT2D eigenvalue weighted by Crippen LogP contribution is 2.29. The summed E-state index contributed by atoms with van der Waals surface area (Å²) in [6.07, 6.45) is 3.59. The normalized spacial score (nSPS) is 10.1. The van der Waals surface area contributed by atoms with Crippen LogP contribution in [0.4, 0.5) is 0 Å². The summed E-state index contributed by atoms with van der Waals surface area (Å²) in [6, 6.07) is 9.84. The lowest BCUT2D eigenvalue weighted by Gasteiger charge is -2.07. The number of pyridine rings is 1. The molecule has 0 radical (unpaired) electrons. The van der Waals surface area contributed by atoms with Gasteiger partial charge in [0, 0.05) is 28.5 Å². The molecule has 0 aliphatic carbocycles. The Morgan fingerprint density at radius 1 is 1.14 bits per heavy atom. The van der Waals surface area contributed by atoms with Gasteiger partial charge in [0.1, 0.15) is 0 Å². The Morgan fingerprint density at radius 2 is 2.00 bits per heavy atom. The highest BCUT2D eigenvalue weighted by Gasteiger charge is 2.05. The van der Waals surface area contributed by atoms with E-state index in [9.17, 15) is 0 Å². The molecular weight excluding hydrogens is 194 g/mol. The van der Waals surface area contributed by atoms with Crippen molar-refractivity contribution in [2.24, 2.45) is 0 Å². The van der Waals surface area contributed by atoms with E-state index < -0.39 is 0 Å². The fourth-order valence-electron chi connectivity index (χ4n) is 1.51. The molecule has 0 aliphatic heterocycles. The zero-order chi connectivity index (χ0) is 9.97. The molecule has 0 unspecified atom stereocenters. The fraction of sp³-hybridized carbons (Fsp3) is 0.0833. The first kappa shape index (κ1) is 9.22. The molecule has 0 aliphatic rings. The van der Waals surface area contributed by atoms with Crippen molar-refractivity contribution in [1.82, 2.24) is 4.98 Å². The van der Waals surface area contributed by atoms with Crippen LogP contribution in [-0.2, 0) is 0 Å². The molecule has 14 heavy (non-hydrogen) atoms. The number of rotatable bonds is 1. The van der Waals surface area contributed by atoms with E-state index in [1.54, 1.807) is 6.20 Å². The molecule has 70 valence electrons. The van der Waals surface area contributed by atoms with Gasteiger partial charge in [-0.1, -0.05) is 29.8 Å². The summed E-state index contributed by atoms with van der Waals surface area (Å²) in [6.45, 7) is 2.05. The highest BCUT2D eigenvalue weighted by atomic mass is 35.5. The molecule has 0 spiro atoms. The Bertz CT molecular complexity index is 417. The number of benzene rings is 1. The van der Waals surface area contributed by atoms with Crippen molar-refractivity contribution in [1.29, 1.82) is 0 Å². The van der Waals surface area contributed by atoms with Crippen molar-refractivity contribution >= 4 is 11.6 Å². The third kappa shape index (κ3) is 1.64. The first-order valence-corrected chi connectivity index (χ1v) is 4.82. The van der Waals surface area contributed by atoms with Gasteiger partial charge >= 0.3 is 0 Å². The van der Waals surface area contributed by atoms with Crippen LogP contribution in [0.1, 0.15) is 5.56 Å². The van der Waals surface area contributed by atoms with Gasteiger partial charge < -0.3 is 0 Å². The molecule has 0 N–H and O–H groups in total. The van der Waals surface area contributed by atoms with Gasteiger partial charge in [0.15, 0.2) is 0 Å². The van der Waals surface area contributed by atoms with Crippen molar-refractivity contribution in [3.05, 3.63) is 53.3 Å². The van der Waals surface area contributed by atoms with Crippen molar-refractivity contribution in [2.75, 3.05) is 0 Å². The number of hydrogen-bond acceptors (Lipinski definition) is 1. The van der Waals surface area contributed by atoms with Gasteiger partial charge in [-0.25, -0.2) is 0 Å². The van der Waals surface area contributed by atoms with Gasteiger partial charge in [0.05, 0.1) is 0 Å². The number of nitrogens with zero attached hydrogens (tertiary/aromatic N) is 1. The van der Waals surface area contributed by atoms with Gasteiger partial charge in [-0.15, -0.1) is 0 Å². The van der Waals surface area contributed by atoms with Crippen molar-refractivity contribution in [3.8, 4) is 11.1 Å². The maximum atomic E-state index is 6.14. The minimum absolute atomic E-state index is 0.776. The van der Waals surface area contributed by atoms with Gasteiger partial charge in [0.2, 0.25) is 0 Å². The van der Waals surface area contributed by atoms with Crippen molar-refractivity contribution < 1.29 is 0 Å². The minimum atomic E-state index is 0.776. The molecule has 0 fully saturated rings. The molecule has 1 aromatic heterocycles. The first-order chi connectivity index (χ1) is 6.79. The second-order valence-electron chi connectivity index (χ2n) is 3.17. The molecule has 0 amide bonds. The van der Waals surface area contributed by atoms with E-state index in [2.05, 4.69) is 4.98 Å². The SMILES string of the molecule is Cc1cccc(Cl)c1-c1cccnc1. The minimum Gasteiger partial charge on any atom is -0.264 e. The Labute approximate surface area is 88.4 Å². The van der Waals surface area contributed by atoms with Crippen LogP contribution < -0.4 is 0 Å². The number of aryl methyl sites for hydroxylation is 1. The van der Waals surface area contributed by atoms with Crippen LogP contribution in [0.25, 0.3) is 11.1 Å². The topological polar surface area (TPSA) is 12.9 Å². The molecule has 1 heterocycles. The smallest absolute Gasteiger partial charge is 0.0487 e. The zero-order valence-electron chi connectivity index (χ0n) is 7.87. The quantitative estimate of drug-likeness (QED) is 0.689. The molecule has 2 rings (SSSR count). The second kappa shape index (κ2) is 3.81. The number of hydrogen-bond donors (Lipinski definition) is 0. The van der Waals surface area contributed by atoms with Gasteiger partial charge in [-0.2, -0.15) is 0 Å². The van der Waals surface area contributed by atoms with Crippen LogP contribution in [0.3, 0.4) is 0 Å². The van der Waals surface area contributed by atoms with Crippen LogP contribution in [0.5, 0.6) is 0 Å². The van der Waals surface area contributed by atoms with Gasteiger partial charge in [0.25, 0.3) is 0 Å². The Balaban J connectivity index is 2.63. The summed E-state index contributed by atoms with van der Waals surface area (Å²) in [5.41, 5.74) is 3.31. The summed E-state index contributed by atoms with van der Waals surface area (Å²) in [4.78, 5) is 4.08. The monoisotopic (exact) mass is 203 g/mol. The van der Waals surface area contributed by atoms with E-state index in [-0.39, 0.29) is 0 Å². The molecule has 2 heteroatoms.